The van der Waals surface area contributed by atoms with Crippen molar-refractivity contribution in [3.63, 3.8) is 0 Å². The molecule has 0 bridgehead atoms. The maximum Gasteiger partial charge on any atom is 0.136 e. The Kier molecular flexibility index (Phi) is 2.99. The smallest absolute Gasteiger partial charge is 0.136 e. The van der Waals surface area contributed by atoms with Gasteiger partial charge in [0, 0.05) is 18.9 Å². The van der Waals surface area contributed by atoms with Crippen LogP contribution in [0.3, 0.4) is 0 Å². The minimum atomic E-state index is 0.386. The summed E-state index contributed by atoms with van der Waals surface area (Å²) in [6.45, 7) is 0.905. The highest BCUT2D eigenvalue weighted by atomic mass is 16.5. The van der Waals surface area contributed by atoms with Gasteiger partial charge in [0.15, 0.2) is 0 Å². The summed E-state index contributed by atoms with van der Waals surface area (Å²) in [6.07, 6.45) is 8.05. The second-order valence-electron chi connectivity index (χ2n) is 4.27. The van der Waals surface area contributed by atoms with Crippen LogP contribution in [0.5, 0.6) is 0 Å². The Bertz CT molecular complexity index is 179. The fourth-order valence-electron chi connectivity index (χ4n) is 1.95. The lowest BCUT2D eigenvalue weighted by molar-refractivity contribution is -0.121. The van der Waals surface area contributed by atoms with Gasteiger partial charge in [0.1, 0.15) is 5.78 Å². The monoisotopic (exact) mass is 182 g/mol. The molecule has 2 aliphatic rings. The van der Waals surface area contributed by atoms with E-state index in [9.17, 15) is 4.79 Å². The van der Waals surface area contributed by atoms with Gasteiger partial charge in [-0.3, -0.25) is 4.79 Å². The van der Waals surface area contributed by atoms with Gasteiger partial charge in [0.2, 0.25) is 0 Å². The van der Waals surface area contributed by atoms with E-state index in [0.29, 0.717) is 17.8 Å². The Morgan fingerprint density at radius 1 is 1.23 bits per heavy atom. The molecular formula is C11H18O2. The van der Waals surface area contributed by atoms with Gasteiger partial charge in [-0.2, -0.15) is 0 Å². The number of ether oxygens (including phenoxy) is 1. The third-order valence-corrected chi connectivity index (χ3v) is 3.02. The molecule has 1 aliphatic carbocycles. The highest BCUT2D eigenvalue weighted by molar-refractivity contribution is 5.83. The van der Waals surface area contributed by atoms with E-state index in [0.717, 1.165) is 38.7 Å². The predicted molar refractivity (Wildman–Crippen MR) is 50.6 cm³/mol. The van der Waals surface area contributed by atoms with Crippen molar-refractivity contribution in [2.75, 3.05) is 6.61 Å². The van der Waals surface area contributed by atoms with Crippen LogP contribution in [0.1, 0.15) is 44.9 Å². The molecule has 2 heteroatoms. The summed E-state index contributed by atoms with van der Waals surface area (Å²) in [4.78, 5) is 11.4. The maximum absolute atomic E-state index is 11.4. The molecule has 74 valence electrons. The Balaban J connectivity index is 1.62. The van der Waals surface area contributed by atoms with Crippen LogP contribution in [-0.4, -0.2) is 18.5 Å². The van der Waals surface area contributed by atoms with Gasteiger partial charge in [-0.25, -0.2) is 0 Å². The van der Waals surface area contributed by atoms with E-state index < -0.39 is 0 Å². The van der Waals surface area contributed by atoms with Gasteiger partial charge in [-0.15, -0.1) is 0 Å². The molecule has 0 radical (unpaired) electrons. The third kappa shape index (κ3) is 2.80. The zero-order valence-electron chi connectivity index (χ0n) is 8.13. The van der Waals surface area contributed by atoms with Crippen LogP contribution in [0.4, 0.5) is 0 Å². The molecule has 2 nitrogen and oxygen atoms in total. The Labute approximate surface area is 79.7 Å². The Morgan fingerprint density at radius 3 is 2.69 bits per heavy atom. The molecule has 1 unspecified atom stereocenters. The molecule has 0 aromatic carbocycles. The molecule has 2 fully saturated rings. The number of hydrogen-bond acceptors (Lipinski definition) is 2. The largest absolute Gasteiger partial charge is 0.378 e. The molecule has 0 amide bonds. The van der Waals surface area contributed by atoms with Gasteiger partial charge in [0.25, 0.3) is 0 Å². The topological polar surface area (TPSA) is 26.3 Å². The normalized spacial score (nSPS) is 28.8. The first kappa shape index (κ1) is 9.20. The number of ketones is 1. The first-order chi connectivity index (χ1) is 6.36. The lowest BCUT2D eigenvalue weighted by Crippen LogP contribution is -2.20. The zero-order chi connectivity index (χ0) is 9.10. The van der Waals surface area contributed by atoms with Crippen LogP contribution in [-0.2, 0) is 9.53 Å². The van der Waals surface area contributed by atoms with Crippen LogP contribution in [0.2, 0.25) is 0 Å². The fraction of sp³-hybridized carbons (Fsp3) is 0.909. The lowest BCUT2D eigenvalue weighted by atomic mass is 10.0. The average Bonchev–Trinajstić information content (AvgIpc) is 2.99. The lowest BCUT2D eigenvalue weighted by Gasteiger charge is -2.22. The number of carbonyl (C=O) groups is 1. The zero-order valence-corrected chi connectivity index (χ0v) is 8.13. The van der Waals surface area contributed by atoms with Crippen LogP contribution in [0.25, 0.3) is 0 Å². The molecule has 1 aliphatic heterocycles. The van der Waals surface area contributed by atoms with Crippen molar-refractivity contribution >= 4 is 5.78 Å². The number of Topliss-reactive ketones (excluding diaryl/α,β-unsaturated/α-hetero) is 1. The van der Waals surface area contributed by atoms with E-state index in [1.807, 2.05) is 0 Å². The highest BCUT2D eigenvalue weighted by Gasteiger charge is 2.29. The molecule has 1 saturated carbocycles. The summed E-state index contributed by atoms with van der Waals surface area (Å²) in [5.41, 5.74) is 0. The molecule has 1 saturated heterocycles. The average molecular weight is 182 g/mol. The van der Waals surface area contributed by atoms with Crippen molar-refractivity contribution in [3.05, 3.63) is 0 Å². The third-order valence-electron chi connectivity index (χ3n) is 3.02. The first-order valence-electron chi connectivity index (χ1n) is 5.50. The summed E-state index contributed by atoms with van der Waals surface area (Å²) in [5, 5.41) is 0. The van der Waals surface area contributed by atoms with Crippen molar-refractivity contribution in [3.8, 4) is 0 Å². The van der Waals surface area contributed by atoms with Crippen molar-refractivity contribution in [1.29, 1.82) is 0 Å². The summed E-state index contributed by atoms with van der Waals surface area (Å²) in [7, 11) is 0. The number of hydrogen-bond donors (Lipinski definition) is 0. The van der Waals surface area contributed by atoms with Crippen LogP contribution >= 0.6 is 0 Å². The molecule has 1 heterocycles. The maximum atomic E-state index is 11.4. The van der Waals surface area contributed by atoms with Gasteiger partial charge < -0.3 is 4.74 Å². The molecule has 0 aromatic heterocycles. The SMILES string of the molecule is O=C(CCC1CCCCO1)C1CC1. The van der Waals surface area contributed by atoms with Crippen LogP contribution in [0, 0.1) is 5.92 Å². The van der Waals surface area contributed by atoms with Gasteiger partial charge >= 0.3 is 0 Å². The number of carbonyl (C=O) groups excluding carboxylic acids is 1. The second-order valence-corrected chi connectivity index (χ2v) is 4.27. The quantitative estimate of drug-likeness (QED) is 0.667. The van der Waals surface area contributed by atoms with Gasteiger partial charge in [0.05, 0.1) is 6.10 Å². The molecule has 0 N–H and O–H groups in total. The molecule has 0 aromatic rings. The van der Waals surface area contributed by atoms with E-state index in [2.05, 4.69) is 0 Å². The summed E-state index contributed by atoms with van der Waals surface area (Å²) in [5.74, 6) is 0.915. The second kappa shape index (κ2) is 4.23. The van der Waals surface area contributed by atoms with E-state index >= 15 is 0 Å². The van der Waals surface area contributed by atoms with Crippen LogP contribution < -0.4 is 0 Å². The predicted octanol–water partition coefficient (Wildman–Crippen LogP) is 2.31. The van der Waals surface area contributed by atoms with Gasteiger partial charge in [-0.05, 0) is 38.5 Å². The summed E-state index contributed by atoms with van der Waals surface area (Å²) < 4.78 is 5.58. The Morgan fingerprint density at radius 2 is 2.08 bits per heavy atom. The minimum absolute atomic E-state index is 0.386. The molecular weight excluding hydrogens is 164 g/mol. The van der Waals surface area contributed by atoms with E-state index in [1.54, 1.807) is 0 Å². The van der Waals surface area contributed by atoms with E-state index in [1.165, 1.54) is 12.8 Å². The Hall–Kier alpha value is -0.370. The minimum Gasteiger partial charge on any atom is -0.378 e. The summed E-state index contributed by atoms with van der Waals surface area (Å²) >= 11 is 0. The number of rotatable bonds is 4. The summed E-state index contributed by atoms with van der Waals surface area (Å²) in [6, 6.07) is 0. The first-order valence-corrected chi connectivity index (χ1v) is 5.50. The fourth-order valence-corrected chi connectivity index (χ4v) is 1.95. The van der Waals surface area contributed by atoms with Crippen LogP contribution in [0.15, 0.2) is 0 Å². The molecule has 0 spiro atoms. The molecule has 13 heavy (non-hydrogen) atoms. The molecule has 1 atom stereocenters. The van der Waals surface area contributed by atoms with Crippen molar-refractivity contribution in [1.82, 2.24) is 0 Å². The molecule has 2 rings (SSSR count). The van der Waals surface area contributed by atoms with E-state index in [4.69, 9.17) is 4.74 Å². The van der Waals surface area contributed by atoms with Crippen molar-refractivity contribution in [2.24, 2.45) is 5.92 Å². The van der Waals surface area contributed by atoms with Gasteiger partial charge in [-0.1, -0.05) is 0 Å². The van der Waals surface area contributed by atoms with Crippen molar-refractivity contribution < 1.29 is 9.53 Å². The van der Waals surface area contributed by atoms with Crippen molar-refractivity contribution in [2.45, 2.75) is 51.0 Å². The standard InChI is InChI=1S/C11H18O2/c12-11(9-4-5-9)7-6-10-3-1-2-8-13-10/h9-10H,1-8H2. The van der Waals surface area contributed by atoms with E-state index in [-0.39, 0.29) is 0 Å². The highest BCUT2D eigenvalue weighted by Crippen LogP contribution is 2.31.